The van der Waals surface area contributed by atoms with Crippen molar-refractivity contribution in [2.75, 3.05) is 11.9 Å². The van der Waals surface area contributed by atoms with Crippen LogP contribution in [0.1, 0.15) is 59.6 Å². The van der Waals surface area contributed by atoms with Crippen molar-refractivity contribution in [2.24, 2.45) is 0 Å². The number of nitrogens with zero attached hydrogens (tertiary/aromatic N) is 2. The van der Waals surface area contributed by atoms with Crippen molar-refractivity contribution < 1.29 is 31.7 Å². The van der Waals surface area contributed by atoms with Crippen molar-refractivity contribution in [1.82, 2.24) is 9.55 Å². The van der Waals surface area contributed by atoms with E-state index in [1.165, 1.54) is 12.3 Å². The lowest BCUT2D eigenvalue weighted by molar-refractivity contribution is -0.139. The van der Waals surface area contributed by atoms with Crippen molar-refractivity contribution in [3.63, 3.8) is 0 Å². The lowest BCUT2D eigenvalue weighted by Gasteiger charge is -2.32. The summed E-state index contributed by atoms with van der Waals surface area (Å²) in [5.41, 5.74) is -0.886. The van der Waals surface area contributed by atoms with Crippen LogP contribution in [0.4, 0.5) is 14.6 Å². The highest BCUT2D eigenvalue weighted by molar-refractivity contribution is 7.48. The Labute approximate surface area is 180 Å². The number of alkyl halides is 2. The van der Waals surface area contributed by atoms with Gasteiger partial charge in [0.05, 0.1) is 12.7 Å². The summed E-state index contributed by atoms with van der Waals surface area (Å²) in [4.78, 5) is 16.4. The molecule has 3 heterocycles. The summed E-state index contributed by atoms with van der Waals surface area (Å²) in [6, 6.07) is 1.61. The van der Waals surface area contributed by atoms with E-state index in [-0.39, 0.29) is 6.04 Å². The summed E-state index contributed by atoms with van der Waals surface area (Å²) in [6.45, 7) is 6.88. The standard InChI is InChI=1S/C19H30F2N3O6P/c1-5-7-13(8-6-2)22-15-9-10-24(18(25)23-15)17-19(20,21)16-14(28-17)11-27-31(26,30-16)29-12(3)4/h9-10,12-14,16-17H,5-8,11H2,1-4H3,(H,22,23,25)/t14-,16+,17-,31?/m1/s1. The summed E-state index contributed by atoms with van der Waals surface area (Å²) < 4.78 is 64.0. The Kier molecular flexibility index (Phi) is 7.53. The van der Waals surface area contributed by atoms with E-state index in [4.69, 9.17) is 18.3 Å². The molecule has 0 radical (unpaired) electrons. The second-order valence-electron chi connectivity index (χ2n) is 8.05. The largest absolute Gasteiger partial charge is 0.475 e. The fourth-order valence-electron chi connectivity index (χ4n) is 3.75. The lowest BCUT2D eigenvalue weighted by atomic mass is 10.1. The second-order valence-corrected chi connectivity index (χ2v) is 9.62. The first-order valence-corrected chi connectivity index (χ1v) is 12.1. The molecule has 1 N–H and O–H groups in total. The average Bonchev–Trinajstić information content (AvgIpc) is 2.92. The topological polar surface area (TPSA) is 101 Å². The summed E-state index contributed by atoms with van der Waals surface area (Å²) in [7, 11) is -4.16. The first-order valence-electron chi connectivity index (χ1n) is 10.6. The first kappa shape index (κ1) is 24.3. The van der Waals surface area contributed by atoms with Gasteiger partial charge >= 0.3 is 19.4 Å². The molecule has 0 saturated carbocycles. The Morgan fingerprint density at radius 3 is 2.61 bits per heavy atom. The van der Waals surface area contributed by atoms with E-state index in [9.17, 15) is 9.36 Å². The fourth-order valence-corrected chi connectivity index (χ4v) is 5.32. The van der Waals surface area contributed by atoms with Crippen LogP contribution in [0, 0.1) is 0 Å². The minimum absolute atomic E-state index is 0.144. The smallest absolute Gasteiger partial charge is 0.367 e. The van der Waals surface area contributed by atoms with E-state index in [1.54, 1.807) is 13.8 Å². The van der Waals surface area contributed by atoms with Crippen molar-refractivity contribution in [3.05, 3.63) is 22.7 Å². The number of anilines is 1. The SMILES string of the molecule is CCCC(CCC)Nc1ccn([C@@H]2O[C@@H]3COP(=O)(OC(C)C)O[C@@H]3C2(F)F)c(=O)n1. The Hall–Kier alpha value is -1.39. The molecule has 4 atom stereocenters. The van der Waals surface area contributed by atoms with Crippen molar-refractivity contribution in [1.29, 1.82) is 0 Å². The Bertz CT molecular complexity index is 861. The molecule has 2 aliphatic rings. The van der Waals surface area contributed by atoms with Gasteiger partial charge in [0.2, 0.25) is 6.23 Å². The number of nitrogens with one attached hydrogen (secondary N) is 1. The van der Waals surface area contributed by atoms with E-state index in [0.717, 1.165) is 30.3 Å². The van der Waals surface area contributed by atoms with Crippen LogP contribution in [0.25, 0.3) is 0 Å². The molecule has 0 bridgehead atoms. The van der Waals surface area contributed by atoms with E-state index in [0.29, 0.717) is 5.82 Å². The molecule has 176 valence electrons. The highest BCUT2D eigenvalue weighted by atomic mass is 31.2. The number of aromatic nitrogens is 2. The van der Waals surface area contributed by atoms with Crippen LogP contribution in [0.2, 0.25) is 0 Å². The zero-order valence-corrected chi connectivity index (χ0v) is 19.0. The van der Waals surface area contributed by atoms with Gasteiger partial charge in [0.1, 0.15) is 11.9 Å². The van der Waals surface area contributed by atoms with Gasteiger partial charge in [0, 0.05) is 12.2 Å². The lowest BCUT2D eigenvalue weighted by Crippen LogP contribution is -2.45. The molecule has 0 spiro atoms. The maximum absolute atomic E-state index is 15.1. The summed E-state index contributed by atoms with van der Waals surface area (Å²) in [5.74, 6) is -3.33. The third-order valence-corrected chi connectivity index (χ3v) is 6.67. The van der Waals surface area contributed by atoms with E-state index in [1.807, 2.05) is 0 Å². The molecule has 2 aliphatic heterocycles. The maximum atomic E-state index is 15.1. The molecule has 31 heavy (non-hydrogen) atoms. The second kappa shape index (κ2) is 9.62. The molecule has 9 nitrogen and oxygen atoms in total. The van der Waals surface area contributed by atoms with Gasteiger partial charge in [-0.25, -0.2) is 9.36 Å². The zero-order valence-electron chi connectivity index (χ0n) is 18.1. The highest BCUT2D eigenvalue weighted by Crippen LogP contribution is 2.60. The number of ether oxygens (including phenoxy) is 1. The Morgan fingerprint density at radius 2 is 2.03 bits per heavy atom. The number of phosphoric acid groups is 1. The van der Waals surface area contributed by atoms with Crippen LogP contribution >= 0.6 is 7.82 Å². The van der Waals surface area contributed by atoms with Crippen LogP contribution < -0.4 is 11.0 Å². The molecular weight excluding hydrogens is 435 g/mol. The van der Waals surface area contributed by atoms with Gasteiger partial charge in [-0.3, -0.25) is 18.1 Å². The first-order chi connectivity index (χ1) is 14.6. The van der Waals surface area contributed by atoms with Crippen LogP contribution in [0.15, 0.2) is 17.1 Å². The number of phosphoric ester groups is 1. The molecule has 3 rings (SSSR count). The normalized spacial score (nSPS) is 30.0. The van der Waals surface area contributed by atoms with E-state index >= 15 is 8.78 Å². The molecule has 0 amide bonds. The predicted octanol–water partition coefficient (Wildman–Crippen LogP) is 4.11. The van der Waals surface area contributed by atoms with Crippen LogP contribution in [-0.2, 0) is 22.9 Å². The number of rotatable bonds is 9. The van der Waals surface area contributed by atoms with E-state index in [2.05, 4.69) is 24.1 Å². The Balaban J connectivity index is 1.79. The number of hydrogen-bond donors (Lipinski definition) is 1. The average molecular weight is 465 g/mol. The molecule has 0 aliphatic carbocycles. The molecule has 2 saturated heterocycles. The van der Waals surface area contributed by atoms with E-state index < -0.39 is 50.6 Å². The maximum Gasteiger partial charge on any atom is 0.475 e. The van der Waals surface area contributed by atoms with Crippen molar-refractivity contribution >= 4 is 13.6 Å². The number of hydrogen-bond acceptors (Lipinski definition) is 8. The van der Waals surface area contributed by atoms with Crippen molar-refractivity contribution in [2.45, 2.75) is 89.9 Å². The number of fused-ring (bicyclic) bond motifs is 1. The van der Waals surface area contributed by atoms with Gasteiger partial charge in [-0.05, 0) is 32.8 Å². The zero-order chi connectivity index (χ0) is 22.8. The van der Waals surface area contributed by atoms with Gasteiger partial charge < -0.3 is 10.1 Å². The van der Waals surface area contributed by atoms with Crippen LogP contribution in [-0.4, -0.2) is 46.4 Å². The van der Waals surface area contributed by atoms with Gasteiger partial charge in [0.25, 0.3) is 0 Å². The minimum atomic E-state index is -4.16. The third kappa shape index (κ3) is 5.34. The van der Waals surface area contributed by atoms with Gasteiger partial charge in [-0.15, -0.1) is 0 Å². The minimum Gasteiger partial charge on any atom is -0.367 e. The molecule has 0 aromatic carbocycles. The summed E-state index contributed by atoms with van der Waals surface area (Å²) in [5, 5.41) is 3.19. The predicted molar refractivity (Wildman–Crippen MR) is 109 cm³/mol. The fraction of sp³-hybridized carbons (Fsp3) is 0.789. The van der Waals surface area contributed by atoms with Gasteiger partial charge in [-0.1, -0.05) is 26.7 Å². The van der Waals surface area contributed by atoms with Gasteiger partial charge in [-0.2, -0.15) is 13.8 Å². The highest BCUT2D eigenvalue weighted by Gasteiger charge is 2.65. The van der Waals surface area contributed by atoms with Crippen LogP contribution in [0.3, 0.4) is 0 Å². The quantitative estimate of drug-likeness (QED) is 0.544. The summed E-state index contributed by atoms with van der Waals surface area (Å²) >= 11 is 0. The van der Waals surface area contributed by atoms with Crippen LogP contribution in [0.5, 0.6) is 0 Å². The molecule has 1 aromatic heterocycles. The molecule has 2 fully saturated rings. The number of halogens is 2. The monoisotopic (exact) mass is 465 g/mol. The molecular formula is C19H30F2N3O6P. The molecule has 12 heteroatoms. The molecule has 1 aromatic rings. The summed E-state index contributed by atoms with van der Waals surface area (Å²) in [6.07, 6.45) is -0.646. The Morgan fingerprint density at radius 1 is 1.35 bits per heavy atom. The van der Waals surface area contributed by atoms with Crippen molar-refractivity contribution in [3.8, 4) is 0 Å². The van der Waals surface area contributed by atoms with Gasteiger partial charge in [0.15, 0.2) is 6.10 Å². The third-order valence-electron chi connectivity index (χ3n) is 5.04. The molecule has 1 unspecified atom stereocenters.